The Balaban J connectivity index is 1.17. The van der Waals surface area contributed by atoms with Crippen LogP contribution in [0.15, 0.2) is 204 Å². The van der Waals surface area contributed by atoms with Gasteiger partial charge in [-0.05, 0) is 180 Å². The summed E-state index contributed by atoms with van der Waals surface area (Å²) in [5.74, 6) is 3.14. The fourth-order valence-corrected chi connectivity index (χ4v) is 12.4. The third kappa shape index (κ3) is 7.17. The van der Waals surface area contributed by atoms with Gasteiger partial charge in [0.2, 0.25) is 0 Å². The van der Waals surface area contributed by atoms with Crippen molar-refractivity contribution < 1.29 is 18.9 Å². The summed E-state index contributed by atoms with van der Waals surface area (Å²) in [5.41, 5.74) is 29.9. The third-order valence-corrected chi connectivity index (χ3v) is 16.1. The van der Waals surface area contributed by atoms with Crippen molar-refractivity contribution in [2.75, 3.05) is 22.9 Å². The molecule has 3 heterocycles. The minimum atomic E-state index is -0.336. The van der Waals surface area contributed by atoms with E-state index in [-0.39, 0.29) is 11.1 Å². The van der Waals surface area contributed by atoms with Crippen LogP contribution in [0.1, 0.15) is 5.56 Å². The molecule has 0 bridgehead atoms. The Morgan fingerprint density at radius 2 is 0.771 bits per heavy atom. The lowest BCUT2D eigenvalue weighted by Crippen LogP contribution is -2.32. The summed E-state index contributed by atoms with van der Waals surface area (Å²) in [5, 5.41) is 10.7. The van der Waals surface area contributed by atoms with Crippen molar-refractivity contribution in [1.82, 2.24) is 14.0 Å². The number of pyridine rings is 2. The van der Waals surface area contributed by atoms with Crippen molar-refractivity contribution >= 4 is 132 Å². The Bertz CT molecular complexity index is 5480. The minimum absolute atomic E-state index is 0.292. The first-order valence-corrected chi connectivity index (χ1v) is 26.9. The zero-order chi connectivity index (χ0) is 56.1. The predicted molar refractivity (Wildman–Crippen MR) is 336 cm³/mol. The van der Waals surface area contributed by atoms with Gasteiger partial charge in [-0.1, -0.05) is 55.1 Å². The van der Waals surface area contributed by atoms with Crippen molar-refractivity contribution in [3.05, 3.63) is 226 Å². The monoisotopic (exact) mass is 1080 g/mol. The standard InChI is InChI=1S/C70H45N7O6/c1-35-27-37-7-3-5-9-39(37)29-54(35)76-36(2)49-31-56(80-45-19-11-41(71)12-20-45)62-63-57(81-46-21-13-42(72)14-22-46)32-50-61-52(70(79)77-55-30-40-10-6-4-8-38(40)28-53(55)75-68(50)77)34-59(83-48-25-17-44(74)18-26-48)65(67(61)63)64-58(82-47-23-15-43(73)16-24-47)33-51(69(76)78)60(49)66(62)64/h3-34H,2,71-74H2,1H3. The molecule has 13 heteroatoms. The number of hydrogen-bond donors (Lipinski definition) is 4. The van der Waals surface area contributed by atoms with Gasteiger partial charge in [0.05, 0.1) is 32.8 Å². The lowest BCUT2D eigenvalue weighted by Gasteiger charge is -2.26. The van der Waals surface area contributed by atoms with Crippen LogP contribution >= 0.6 is 0 Å². The molecule has 0 saturated carbocycles. The summed E-state index contributed by atoms with van der Waals surface area (Å²) in [7, 11) is 0. The zero-order valence-electron chi connectivity index (χ0n) is 44.3. The number of aryl methyl sites for hydroxylation is 1. The van der Waals surface area contributed by atoms with E-state index >= 15 is 9.59 Å². The molecule has 16 rings (SSSR count). The van der Waals surface area contributed by atoms with E-state index in [1.54, 1.807) is 118 Å². The molecule has 0 saturated heterocycles. The van der Waals surface area contributed by atoms with Gasteiger partial charge in [-0.25, -0.2) is 4.98 Å². The van der Waals surface area contributed by atoms with Crippen LogP contribution in [0, 0.1) is 6.92 Å². The Kier molecular flexibility index (Phi) is 9.98. The Hall–Kier alpha value is -11.6. The molecule has 0 amide bonds. The molecular weight excluding hydrogens is 1030 g/mol. The second kappa shape index (κ2) is 17.5. The molecule has 0 radical (unpaired) electrons. The number of nitrogens with two attached hydrogens (primary N) is 4. The molecule has 0 aliphatic rings. The molecule has 16 aromatic rings. The van der Waals surface area contributed by atoms with E-state index in [0.29, 0.717) is 161 Å². The number of nitrogens with zero attached hydrogens (tertiary/aromatic N) is 3. The third-order valence-electron chi connectivity index (χ3n) is 16.1. The number of benzene rings is 13. The average Bonchev–Trinajstić information content (AvgIpc) is 1.99. The molecule has 0 aliphatic carbocycles. The first kappa shape index (κ1) is 47.4. The quantitative estimate of drug-likeness (QED) is 0.0609. The number of aromatic nitrogens is 3. The molecular formula is C70H45N7O6. The van der Waals surface area contributed by atoms with Gasteiger partial charge in [0.25, 0.3) is 11.1 Å². The number of imidazole rings is 1. The van der Waals surface area contributed by atoms with Gasteiger partial charge >= 0.3 is 0 Å². The molecule has 13 aromatic carbocycles. The van der Waals surface area contributed by atoms with Crippen LogP contribution in [0.25, 0.3) is 115 Å². The molecule has 8 N–H and O–H groups in total. The maximum absolute atomic E-state index is 16.1. The van der Waals surface area contributed by atoms with Gasteiger partial charge in [0.1, 0.15) is 51.6 Å². The van der Waals surface area contributed by atoms with Crippen LogP contribution in [-0.4, -0.2) is 14.0 Å². The Labute approximate surface area is 470 Å². The summed E-state index contributed by atoms with van der Waals surface area (Å²) in [4.78, 5) is 37.3. The van der Waals surface area contributed by atoms with Crippen LogP contribution in [0.2, 0.25) is 0 Å². The molecule has 0 atom stereocenters. The van der Waals surface area contributed by atoms with Crippen molar-refractivity contribution in [2.24, 2.45) is 0 Å². The number of hydrogen-bond acceptors (Lipinski definition) is 11. The Morgan fingerprint density at radius 3 is 1.23 bits per heavy atom. The van der Waals surface area contributed by atoms with Crippen LogP contribution < -0.4 is 58.3 Å². The van der Waals surface area contributed by atoms with Gasteiger partial charge in [-0.2, -0.15) is 0 Å². The van der Waals surface area contributed by atoms with E-state index in [1.807, 2.05) is 79.7 Å². The zero-order valence-corrected chi connectivity index (χ0v) is 44.3. The van der Waals surface area contributed by atoms with E-state index in [9.17, 15) is 0 Å². The molecule has 0 unspecified atom stereocenters. The van der Waals surface area contributed by atoms with E-state index in [0.717, 1.165) is 27.1 Å². The molecule has 83 heavy (non-hydrogen) atoms. The van der Waals surface area contributed by atoms with Crippen molar-refractivity contribution in [3.63, 3.8) is 0 Å². The van der Waals surface area contributed by atoms with Crippen LogP contribution in [-0.2, 0) is 0 Å². The molecule has 13 nitrogen and oxygen atoms in total. The van der Waals surface area contributed by atoms with E-state index in [2.05, 4.69) is 12.1 Å². The molecule has 0 fully saturated rings. The molecule has 0 aliphatic heterocycles. The average molecular weight is 1080 g/mol. The fraction of sp³-hybridized carbons (Fsp3) is 0.0143. The van der Waals surface area contributed by atoms with E-state index in [1.165, 1.54) is 0 Å². The smallest absolute Gasteiger partial charge is 0.264 e. The highest BCUT2D eigenvalue weighted by Crippen LogP contribution is 2.57. The van der Waals surface area contributed by atoms with Crippen molar-refractivity contribution in [2.45, 2.75) is 6.92 Å². The van der Waals surface area contributed by atoms with Gasteiger partial charge < -0.3 is 41.9 Å². The number of rotatable bonds is 9. The highest BCUT2D eigenvalue weighted by atomic mass is 16.5. The molecule has 0 spiro atoms. The number of ether oxygens (including phenoxy) is 4. The highest BCUT2D eigenvalue weighted by molar-refractivity contribution is 6.44. The topological polar surface area (TPSA) is 197 Å². The summed E-state index contributed by atoms with van der Waals surface area (Å²) in [6, 6.07) is 60.1. The van der Waals surface area contributed by atoms with E-state index < -0.39 is 0 Å². The predicted octanol–water partition coefficient (Wildman–Crippen LogP) is 15.0. The summed E-state index contributed by atoms with van der Waals surface area (Å²) >= 11 is 0. The fourth-order valence-electron chi connectivity index (χ4n) is 12.4. The second-order valence-corrected chi connectivity index (χ2v) is 21.2. The number of nitrogen functional groups attached to an aromatic ring is 4. The van der Waals surface area contributed by atoms with Crippen LogP contribution in [0.3, 0.4) is 0 Å². The molecule has 396 valence electrons. The number of anilines is 4. The van der Waals surface area contributed by atoms with Gasteiger partial charge in [-0.15, -0.1) is 0 Å². The summed E-state index contributed by atoms with van der Waals surface area (Å²) in [6.07, 6.45) is 0. The Morgan fingerprint density at radius 1 is 0.398 bits per heavy atom. The van der Waals surface area contributed by atoms with Crippen molar-refractivity contribution in [1.29, 1.82) is 0 Å². The van der Waals surface area contributed by atoms with Gasteiger partial charge in [0, 0.05) is 76.6 Å². The van der Waals surface area contributed by atoms with Crippen LogP contribution in [0.4, 0.5) is 22.7 Å². The van der Waals surface area contributed by atoms with Gasteiger partial charge in [-0.3, -0.25) is 18.6 Å². The lowest BCUT2D eigenvalue weighted by atomic mass is 9.84. The lowest BCUT2D eigenvalue weighted by molar-refractivity contribution is 0.483. The highest BCUT2D eigenvalue weighted by Gasteiger charge is 2.32. The number of fused-ring (bicyclic) bond motifs is 8. The van der Waals surface area contributed by atoms with Crippen LogP contribution in [0.5, 0.6) is 46.0 Å². The summed E-state index contributed by atoms with van der Waals surface area (Å²) in [6.45, 7) is 6.74. The largest absolute Gasteiger partial charge is 0.457 e. The van der Waals surface area contributed by atoms with E-state index in [4.69, 9.17) is 53.4 Å². The maximum atomic E-state index is 16.1. The second-order valence-electron chi connectivity index (χ2n) is 21.2. The minimum Gasteiger partial charge on any atom is -0.457 e. The van der Waals surface area contributed by atoms with Gasteiger partial charge in [0.15, 0.2) is 0 Å². The first-order chi connectivity index (χ1) is 40.4. The maximum Gasteiger partial charge on any atom is 0.264 e. The SMILES string of the molecule is C=c1c2cc(Oc3ccc(N)cc3)c3c4c(Oc5ccc(N)cc5)cc5c6c(cc(Oc7ccc(N)cc7)c(c7c(Oc8ccc(N)cc8)cc(c(=O)n1-c1cc8ccccc8cc1C)c2c73)c46)c(=O)n1c2cc3ccccc3cc2nc51. The molecule has 3 aromatic heterocycles. The normalized spacial score (nSPS) is 12.0. The van der Waals surface area contributed by atoms with Crippen molar-refractivity contribution in [3.8, 4) is 51.7 Å². The summed E-state index contributed by atoms with van der Waals surface area (Å²) < 4.78 is 32.2. The first-order valence-electron chi connectivity index (χ1n) is 26.9.